The smallest absolute Gasteiger partial charge is 0.243 e. The molecular weight excluding hydrogens is 358 g/mol. The molecule has 0 bridgehead atoms. The first-order valence-electron chi connectivity index (χ1n) is 9.38. The van der Waals surface area contributed by atoms with Crippen molar-refractivity contribution in [3.63, 3.8) is 0 Å². The molecule has 142 valence electrons. The van der Waals surface area contributed by atoms with Gasteiger partial charge in [-0.05, 0) is 36.7 Å². The van der Waals surface area contributed by atoms with E-state index < -0.39 is 10.0 Å². The number of benzene rings is 2. The maximum absolute atomic E-state index is 13.3. The number of piperazine rings is 1. The normalized spacial score (nSPS) is 16.1. The summed E-state index contributed by atoms with van der Waals surface area (Å²) < 4.78 is 28.2. The van der Waals surface area contributed by atoms with E-state index >= 15 is 0 Å². The van der Waals surface area contributed by atoms with Crippen LogP contribution in [0.5, 0.6) is 0 Å². The molecule has 1 fully saturated rings. The molecule has 0 amide bonds. The van der Waals surface area contributed by atoms with E-state index in [1.807, 2.05) is 12.1 Å². The third kappa shape index (κ3) is 4.38. The van der Waals surface area contributed by atoms with Crippen molar-refractivity contribution in [3.05, 3.63) is 54.1 Å². The lowest BCUT2D eigenvalue weighted by molar-refractivity contribution is 0.186. The highest BCUT2D eigenvalue weighted by atomic mass is 32.2. The highest BCUT2D eigenvalue weighted by molar-refractivity contribution is 7.89. The van der Waals surface area contributed by atoms with Gasteiger partial charge in [0, 0.05) is 31.7 Å². The number of unbranched alkanes of at least 4 members (excludes halogenated alkanes) is 1. The molecule has 1 aliphatic rings. The number of rotatable bonds is 6. The van der Waals surface area contributed by atoms with Crippen molar-refractivity contribution in [2.24, 2.45) is 0 Å². The second kappa shape index (κ2) is 8.66. The number of nitriles is 1. The van der Waals surface area contributed by atoms with Gasteiger partial charge >= 0.3 is 0 Å². The molecule has 0 aromatic heterocycles. The third-order valence-electron chi connectivity index (χ3n) is 4.99. The Morgan fingerprint density at radius 1 is 1.00 bits per heavy atom. The second-order valence-electron chi connectivity index (χ2n) is 6.78. The Balaban J connectivity index is 1.84. The summed E-state index contributed by atoms with van der Waals surface area (Å²) in [5.41, 5.74) is 2.03. The average molecular weight is 384 g/mol. The lowest BCUT2D eigenvalue weighted by atomic mass is 10.0. The Kier molecular flexibility index (Phi) is 6.27. The number of sulfonamides is 1. The minimum atomic E-state index is -3.56. The number of hydrogen-bond acceptors (Lipinski definition) is 4. The molecule has 0 saturated carbocycles. The molecular formula is C21H25N3O2S. The van der Waals surface area contributed by atoms with Gasteiger partial charge in [-0.1, -0.05) is 43.7 Å². The fourth-order valence-corrected chi connectivity index (χ4v) is 5.01. The summed E-state index contributed by atoms with van der Waals surface area (Å²) in [6.45, 7) is 5.80. The molecule has 2 aromatic carbocycles. The molecule has 0 atom stereocenters. The van der Waals surface area contributed by atoms with Crippen molar-refractivity contribution in [2.75, 3.05) is 32.7 Å². The van der Waals surface area contributed by atoms with Gasteiger partial charge in [-0.25, -0.2) is 8.42 Å². The van der Waals surface area contributed by atoms with Crippen molar-refractivity contribution < 1.29 is 8.42 Å². The van der Waals surface area contributed by atoms with Gasteiger partial charge in [-0.2, -0.15) is 9.57 Å². The van der Waals surface area contributed by atoms with E-state index in [4.69, 9.17) is 5.26 Å². The van der Waals surface area contributed by atoms with Gasteiger partial charge in [-0.15, -0.1) is 0 Å². The lowest BCUT2D eigenvalue weighted by Crippen LogP contribution is -2.48. The molecule has 0 unspecified atom stereocenters. The second-order valence-corrected chi connectivity index (χ2v) is 8.69. The molecule has 6 heteroatoms. The van der Waals surface area contributed by atoms with E-state index in [2.05, 4.69) is 17.9 Å². The van der Waals surface area contributed by atoms with Gasteiger partial charge in [0.25, 0.3) is 0 Å². The Morgan fingerprint density at radius 3 is 2.30 bits per heavy atom. The topological polar surface area (TPSA) is 64.4 Å². The maximum Gasteiger partial charge on any atom is 0.243 e. The average Bonchev–Trinajstić information content (AvgIpc) is 2.72. The van der Waals surface area contributed by atoms with Gasteiger partial charge in [0.05, 0.1) is 16.5 Å². The van der Waals surface area contributed by atoms with Crippen LogP contribution in [0.4, 0.5) is 0 Å². The number of hydrogen-bond donors (Lipinski definition) is 0. The molecule has 5 nitrogen and oxygen atoms in total. The predicted octanol–water partition coefficient (Wildman–Crippen LogP) is 3.33. The van der Waals surface area contributed by atoms with Crippen LogP contribution in [0.1, 0.15) is 25.3 Å². The van der Waals surface area contributed by atoms with Gasteiger partial charge in [0.2, 0.25) is 10.0 Å². The van der Waals surface area contributed by atoms with Gasteiger partial charge in [-0.3, -0.25) is 0 Å². The Morgan fingerprint density at radius 2 is 1.67 bits per heavy atom. The summed E-state index contributed by atoms with van der Waals surface area (Å²) in [5.74, 6) is 0. The Labute approximate surface area is 161 Å². The molecule has 1 saturated heterocycles. The molecule has 0 N–H and O–H groups in total. The zero-order valence-corrected chi connectivity index (χ0v) is 16.5. The van der Waals surface area contributed by atoms with E-state index in [1.165, 1.54) is 0 Å². The van der Waals surface area contributed by atoms with E-state index in [0.29, 0.717) is 29.1 Å². The summed E-state index contributed by atoms with van der Waals surface area (Å²) >= 11 is 0. The van der Waals surface area contributed by atoms with Gasteiger partial charge in [0.15, 0.2) is 0 Å². The highest BCUT2D eigenvalue weighted by Crippen LogP contribution is 2.30. The van der Waals surface area contributed by atoms with Crippen molar-refractivity contribution in [1.82, 2.24) is 9.21 Å². The minimum Gasteiger partial charge on any atom is -0.301 e. The fraction of sp³-hybridized carbons (Fsp3) is 0.381. The van der Waals surface area contributed by atoms with Crippen molar-refractivity contribution >= 4 is 10.0 Å². The van der Waals surface area contributed by atoms with Crippen LogP contribution in [0.2, 0.25) is 0 Å². The maximum atomic E-state index is 13.3. The molecule has 1 aliphatic heterocycles. The van der Waals surface area contributed by atoms with E-state index in [1.54, 1.807) is 40.7 Å². The SMILES string of the molecule is CCCCN1CCN(S(=O)(=O)c2ccccc2-c2ccc(C#N)cc2)CC1. The van der Waals surface area contributed by atoms with Crippen LogP contribution in [-0.4, -0.2) is 50.3 Å². The van der Waals surface area contributed by atoms with Gasteiger partial charge in [0.1, 0.15) is 0 Å². The summed E-state index contributed by atoms with van der Waals surface area (Å²) in [7, 11) is -3.56. The summed E-state index contributed by atoms with van der Waals surface area (Å²) in [6.07, 6.45) is 2.30. The highest BCUT2D eigenvalue weighted by Gasteiger charge is 2.30. The quantitative estimate of drug-likeness (QED) is 0.767. The van der Waals surface area contributed by atoms with Crippen LogP contribution in [-0.2, 0) is 10.0 Å². The van der Waals surface area contributed by atoms with Crippen LogP contribution in [0.25, 0.3) is 11.1 Å². The molecule has 0 radical (unpaired) electrons. The van der Waals surface area contributed by atoms with Crippen molar-refractivity contribution in [3.8, 4) is 17.2 Å². The first-order valence-corrected chi connectivity index (χ1v) is 10.8. The molecule has 0 aliphatic carbocycles. The predicted molar refractivity (Wildman–Crippen MR) is 107 cm³/mol. The molecule has 27 heavy (non-hydrogen) atoms. The van der Waals surface area contributed by atoms with Crippen LogP contribution in [0, 0.1) is 11.3 Å². The Bertz CT molecular complexity index is 909. The molecule has 0 spiro atoms. The van der Waals surface area contributed by atoms with E-state index in [0.717, 1.165) is 38.0 Å². The first-order chi connectivity index (χ1) is 13.1. The van der Waals surface area contributed by atoms with E-state index in [9.17, 15) is 8.42 Å². The largest absolute Gasteiger partial charge is 0.301 e. The zero-order valence-electron chi connectivity index (χ0n) is 15.6. The monoisotopic (exact) mass is 383 g/mol. The summed E-state index contributed by atoms with van der Waals surface area (Å²) in [4.78, 5) is 2.67. The fourth-order valence-electron chi connectivity index (χ4n) is 3.37. The summed E-state index contributed by atoms with van der Waals surface area (Å²) in [5, 5.41) is 8.97. The number of nitrogens with zero attached hydrogens (tertiary/aromatic N) is 3. The van der Waals surface area contributed by atoms with Crippen LogP contribution in [0.3, 0.4) is 0 Å². The Hall–Kier alpha value is -2.20. The molecule has 2 aromatic rings. The first kappa shape index (κ1) is 19.6. The third-order valence-corrected chi connectivity index (χ3v) is 6.95. The van der Waals surface area contributed by atoms with E-state index in [-0.39, 0.29) is 0 Å². The lowest BCUT2D eigenvalue weighted by Gasteiger charge is -2.34. The zero-order chi connectivity index (χ0) is 19.3. The van der Waals surface area contributed by atoms with Crippen LogP contribution >= 0.6 is 0 Å². The van der Waals surface area contributed by atoms with Crippen LogP contribution in [0.15, 0.2) is 53.4 Å². The summed E-state index contributed by atoms with van der Waals surface area (Å²) in [6, 6.07) is 16.2. The molecule has 3 rings (SSSR count). The van der Waals surface area contributed by atoms with Crippen molar-refractivity contribution in [2.45, 2.75) is 24.7 Å². The standard InChI is InChI=1S/C21H25N3O2S/c1-2-3-12-23-13-15-24(16-14-23)27(25,26)21-7-5-4-6-20(21)19-10-8-18(17-22)9-11-19/h4-11H,2-3,12-16H2,1H3. The minimum absolute atomic E-state index is 0.330. The van der Waals surface area contributed by atoms with Gasteiger partial charge < -0.3 is 4.90 Å². The molecule has 1 heterocycles. The van der Waals surface area contributed by atoms with Crippen LogP contribution < -0.4 is 0 Å². The van der Waals surface area contributed by atoms with Crippen molar-refractivity contribution in [1.29, 1.82) is 5.26 Å².